The summed E-state index contributed by atoms with van der Waals surface area (Å²) >= 11 is 0. The van der Waals surface area contributed by atoms with Crippen LogP contribution >= 0.6 is 0 Å². The Balaban J connectivity index is 2.97. The second-order valence-corrected chi connectivity index (χ2v) is 8.19. The summed E-state index contributed by atoms with van der Waals surface area (Å²) in [5, 5.41) is 5.77. The van der Waals surface area contributed by atoms with Crippen molar-refractivity contribution in [2.24, 2.45) is 0 Å². The smallest absolute Gasteiger partial charge is 0.241 e. The lowest BCUT2D eigenvalue weighted by Crippen LogP contribution is -2.40. The van der Waals surface area contributed by atoms with Gasteiger partial charge in [0.1, 0.15) is 0 Å². The monoisotopic (exact) mass is 341 g/mol. The Hall–Kier alpha value is -1.44. The Morgan fingerprint density at radius 2 is 1.87 bits per heavy atom. The molecule has 0 radical (unpaired) electrons. The van der Waals surface area contributed by atoms with Crippen LogP contribution in [0, 0.1) is 6.92 Å². The number of amides is 1. The number of carbonyl (C=O) groups is 1. The zero-order valence-electron chi connectivity index (χ0n) is 14.5. The zero-order valence-corrected chi connectivity index (χ0v) is 15.3. The number of hydrogen-bond acceptors (Lipinski definition) is 4. The lowest BCUT2D eigenvalue weighted by atomic mass is 10.1. The Morgan fingerprint density at radius 3 is 2.43 bits per heavy atom. The summed E-state index contributed by atoms with van der Waals surface area (Å²) in [6.07, 6.45) is 1.11. The topological polar surface area (TPSA) is 87.3 Å². The molecule has 3 N–H and O–H groups in total. The Labute approximate surface area is 139 Å². The minimum atomic E-state index is -3.64. The van der Waals surface area contributed by atoms with Crippen molar-refractivity contribution >= 4 is 21.6 Å². The van der Waals surface area contributed by atoms with Crippen LogP contribution in [-0.2, 0) is 14.8 Å². The molecule has 0 fully saturated rings. The predicted octanol–water partition coefficient (Wildman–Crippen LogP) is 2.01. The van der Waals surface area contributed by atoms with Crippen LogP contribution in [0.15, 0.2) is 23.1 Å². The summed E-state index contributed by atoms with van der Waals surface area (Å²) in [7, 11) is -1.81. The lowest BCUT2D eigenvalue weighted by molar-refractivity contribution is -0.116. The van der Waals surface area contributed by atoms with Crippen molar-refractivity contribution < 1.29 is 13.2 Å². The first-order valence-corrected chi connectivity index (χ1v) is 9.13. The van der Waals surface area contributed by atoms with Crippen molar-refractivity contribution in [3.63, 3.8) is 0 Å². The molecule has 0 saturated carbocycles. The van der Waals surface area contributed by atoms with Crippen molar-refractivity contribution in [2.75, 3.05) is 18.9 Å². The highest BCUT2D eigenvalue weighted by Crippen LogP contribution is 2.24. The molecule has 0 spiro atoms. The normalized spacial score (nSPS) is 12.2. The Kier molecular flexibility index (Phi) is 6.73. The maximum absolute atomic E-state index is 12.5. The minimum Gasteiger partial charge on any atom is -0.326 e. The molecule has 0 unspecified atom stereocenters. The van der Waals surface area contributed by atoms with Gasteiger partial charge in [-0.3, -0.25) is 4.79 Å². The summed E-state index contributed by atoms with van der Waals surface area (Å²) in [6.45, 7) is 7.81. The number of rotatable bonds is 7. The van der Waals surface area contributed by atoms with Crippen molar-refractivity contribution in [3.8, 4) is 0 Å². The van der Waals surface area contributed by atoms with E-state index in [2.05, 4.69) is 15.4 Å². The molecule has 0 aliphatic heterocycles. The van der Waals surface area contributed by atoms with Crippen molar-refractivity contribution in [2.45, 2.75) is 51.0 Å². The summed E-state index contributed by atoms with van der Waals surface area (Å²) in [5.74, 6) is -0.123. The van der Waals surface area contributed by atoms with E-state index in [9.17, 15) is 13.2 Å². The second kappa shape index (κ2) is 7.90. The van der Waals surface area contributed by atoms with Crippen LogP contribution in [0.1, 0.15) is 39.2 Å². The molecular weight excluding hydrogens is 314 g/mol. The molecular formula is C16H27N3O3S. The molecule has 6 nitrogen and oxygen atoms in total. The van der Waals surface area contributed by atoms with Gasteiger partial charge >= 0.3 is 0 Å². The fourth-order valence-electron chi connectivity index (χ4n) is 2.14. The fraction of sp³-hybridized carbons (Fsp3) is 0.562. The van der Waals surface area contributed by atoms with E-state index in [0.29, 0.717) is 17.7 Å². The van der Waals surface area contributed by atoms with Gasteiger partial charge in [-0.2, -0.15) is 0 Å². The van der Waals surface area contributed by atoms with E-state index in [4.69, 9.17) is 0 Å². The van der Waals surface area contributed by atoms with E-state index in [1.54, 1.807) is 45.9 Å². The highest BCUT2D eigenvalue weighted by atomic mass is 32.2. The molecule has 0 saturated heterocycles. The summed E-state index contributed by atoms with van der Waals surface area (Å²) in [6, 6.07) is 4.88. The lowest BCUT2D eigenvalue weighted by Gasteiger charge is -2.22. The van der Waals surface area contributed by atoms with Crippen LogP contribution in [0.4, 0.5) is 5.69 Å². The van der Waals surface area contributed by atoms with Crippen LogP contribution in [0.5, 0.6) is 0 Å². The maximum atomic E-state index is 12.5. The first kappa shape index (κ1) is 19.6. The summed E-state index contributed by atoms with van der Waals surface area (Å²) in [5.41, 5.74) is 0.486. The fourth-order valence-corrected chi connectivity index (χ4v) is 3.82. The van der Waals surface area contributed by atoms with Crippen LogP contribution in [0.2, 0.25) is 0 Å². The van der Waals surface area contributed by atoms with Gasteiger partial charge < -0.3 is 10.6 Å². The SMILES string of the molecule is CNCCCC(=O)Nc1cccc(S(=O)(=O)NC(C)(C)C)c1C. The van der Waals surface area contributed by atoms with Gasteiger partial charge in [0, 0.05) is 17.6 Å². The highest BCUT2D eigenvalue weighted by molar-refractivity contribution is 7.89. The minimum absolute atomic E-state index is 0.123. The van der Waals surface area contributed by atoms with Gasteiger partial charge in [-0.25, -0.2) is 13.1 Å². The molecule has 0 aliphatic carbocycles. The molecule has 130 valence electrons. The van der Waals surface area contributed by atoms with Crippen molar-refractivity contribution in [3.05, 3.63) is 23.8 Å². The van der Waals surface area contributed by atoms with Gasteiger partial charge in [0.25, 0.3) is 0 Å². The Morgan fingerprint density at radius 1 is 1.22 bits per heavy atom. The van der Waals surface area contributed by atoms with Crippen LogP contribution < -0.4 is 15.4 Å². The molecule has 1 amide bonds. The van der Waals surface area contributed by atoms with Crippen LogP contribution in [-0.4, -0.2) is 33.5 Å². The van der Waals surface area contributed by atoms with Crippen molar-refractivity contribution in [1.29, 1.82) is 0 Å². The van der Waals surface area contributed by atoms with Gasteiger partial charge in [0.05, 0.1) is 4.90 Å². The quantitative estimate of drug-likeness (QED) is 0.662. The molecule has 0 heterocycles. The van der Waals surface area contributed by atoms with Gasteiger partial charge in [0.15, 0.2) is 0 Å². The van der Waals surface area contributed by atoms with Crippen LogP contribution in [0.3, 0.4) is 0 Å². The molecule has 0 aromatic heterocycles. The third-order valence-corrected chi connectivity index (χ3v) is 5.02. The average Bonchev–Trinajstić information content (AvgIpc) is 2.38. The third-order valence-electron chi connectivity index (χ3n) is 3.12. The van der Waals surface area contributed by atoms with Gasteiger partial charge in [-0.1, -0.05) is 6.07 Å². The second-order valence-electron chi connectivity index (χ2n) is 6.54. The zero-order chi connectivity index (χ0) is 17.7. The first-order valence-electron chi connectivity index (χ1n) is 7.65. The summed E-state index contributed by atoms with van der Waals surface area (Å²) in [4.78, 5) is 12.1. The molecule has 23 heavy (non-hydrogen) atoms. The number of hydrogen-bond donors (Lipinski definition) is 3. The van der Waals surface area contributed by atoms with Gasteiger partial charge in [-0.15, -0.1) is 0 Å². The Bertz CT molecular complexity index is 649. The van der Waals surface area contributed by atoms with Gasteiger partial charge in [-0.05, 0) is 65.4 Å². The standard InChI is InChI=1S/C16H27N3O3S/c1-12-13(18-15(20)10-7-11-17-5)8-6-9-14(12)23(21,22)19-16(2,3)4/h6,8-9,17,19H,7,10-11H2,1-5H3,(H,18,20). The van der Waals surface area contributed by atoms with Crippen molar-refractivity contribution in [1.82, 2.24) is 10.0 Å². The molecule has 0 atom stereocenters. The number of carbonyl (C=O) groups excluding carboxylic acids is 1. The van der Waals surface area contributed by atoms with E-state index in [0.717, 1.165) is 13.0 Å². The molecule has 7 heteroatoms. The predicted molar refractivity (Wildman–Crippen MR) is 93.0 cm³/mol. The molecule has 1 rings (SSSR count). The first-order chi connectivity index (χ1) is 10.6. The molecule has 1 aromatic carbocycles. The van der Waals surface area contributed by atoms with E-state index in [-0.39, 0.29) is 10.8 Å². The van der Waals surface area contributed by atoms with Gasteiger partial charge in [0.2, 0.25) is 15.9 Å². The maximum Gasteiger partial charge on any atom is 0.241 e. The van der Waals surface area contributed by atoms with Crippen LogP contribution in [0.25, 0.3) is 0 Å². The third kappa shape index (κ3) is 6.29. The molecule has 1 aromatic rings. The highest BCUT2D eigenvalue weighted by Gasteiger charge is 2.24. The number of benzene rings is 1. The molecule has 0 bridgehead atoms. The largest absolute Gasteiger partial charge is 0.326 e. The number of sulfonamides is 1. The number of anilines is 1. The summed E-state index contributed by atoms with van der Waals surface area (Å²) < 4.78 is 27.6. The van der Waals surface area contributed by atoms with E-state index in [1.807, 2.05) is 7.05 Å². The van der Waals surface area contributed by atoms with E-state index in [1.165, 1.54) is 0 Å². The van der Waals surface area contributed by atoms with E-state index < -0.39 is 15.6 Å². The average molecular weight is 341 g/mol. The molecule has 0 aliphatic rings. The number of nitrogens with one attached hydrogen (secondary N) is 3. The van der Waals surface area contributed by atoms with E-state index >= 15 is 0 Å².